The van der Waals surface area contributed by atoms with Gasteiger partial charge in [0.1, 0.15) is 23.0 Å². The number of benzene rings is 2. The standard InChI is InChI=1S/C21H26O5/c1-4-12(2)5-6-13(3)7-8-15(22)14-11-18(25)19-16(23)9-10-17(24)20(19)21(14)26/h7-13,23-26H,4-6H2,1-3H3. The highest BCUT2D eigenvalue weighted by atomic mass is 16.3. The van der Waals surface area contributed by atoms with Crippen molar-refractivity contribution in [2.75, 3.05) is 0 Å². The lowest BCUT2D eigenvalue weighted by Gasteiger charge is -2.12. The molecule has 2 atom stereocenters. The van der Waals surface area contributed by atoms with Gasteiger partial charge in [0.05, 0.1) is 16.3 Å². The minimum atomic E-state index is -0.474. The average Bonchev–Trinajstić information content (AvgIpc) is 2.62. The monoisotopic (exact) mass is 358 g/mol. The maximum absolute atomic E-state index is 12.5. The SMILES string of the molecule is CCC(C)CCC(C)C=CC(=O)c1cc(O)c2c(O)ccc(O)c2c1O. The second kappa shape index (κ2) is 8.13. The molecule has 4 N–H and O–H groups in total. The number of hydrogen-bond acceptors (Lipinski definition) is 5. The Morgan fingerprint density at radius 1 is 1.00 bits per heavy atom. The summed E-state index contributed by atoms with van der Waals surface area (Å²) in [6.07, 6.45) is 6.32. The Kier molecular flexibility index (Phi) is 6.14. The fraction of sp³-hybridized carbons (Fsp3) is 0.381. The van der Waals surface area contributed by atoms with Gasteiger partial charge >= 0.3 is 0 Å². The molecule has 2 unspecified atom stereocenters. The first-order valence-corrected chi connectivity index (χ1v) is 8.88. The van der Waals surface area contributed by atoms with E-state index in [9.17, 15) is 25.2 Å². The number of hydrogen-bond donors (Lipinski definition) is 4. The predicted molar refractivity (Wildman–Crippen MR) is 102 cm³/mol. The van der Waals surface area contributed by atoms with Crippen LogP contribution in [-0.4, -0.2) is 26.2 Å². The minimum Gasteiger partial charge on any atom is -0.507 e. The van der Waals surface area contributed by atoms with Gasteiger partial charge in [-0.25, -0.2) is 0 Å². The van der Waals surface area contributed by atoms with Gasteiger partial charge in [0.15, 0.2) is 5.78 Å². The van der Waals surface area contributed by atoms with Gasteiger partial charge in [0.25, 0.3) is 0 Å². The van der Waals surface area contributed by atoms with Crippen LogP contribution in [0.3, 0.4) is 0 Å². The first-order chi connectivity index (χ1) is 12.3. The number of phenols is 4. The Balaban J connectivity index is 2.30. The molecule has 0 fully saturated rings. The zero-order chi connectivity index (χ0) is 19.4. The van der Waals surface area contributed by atoms with Gasteiger partial charge in [-0.05, 0) is 42.5 Å². The van der Waals surface area contributed by atoms with Crippen molar-refractivity contribution in [3.63, 3.8) is 0 Å². The van der Waals surface area contributed by atoms with Gasteiger partial charge in [0, 0.05) is 0 Å². The molecule has 0 aliphatic heterocycles. The van der Waals surface area contributed by atoms with Crippen molar-refractivity contribution >= 4 is 16.6 Å². The van der Waals surface area contributed by atoms with Gasteiger partial charge in [-0.1, -0.05) is 39.7 Å². The van der Waals surface area contributed by atoms with Crippen molar-refractivity contribution in [1.29, 1.82) is 0 Å². The number of allylic oxidation sites excluding steroid dienone is 2. The number of rotatable bonds is 7. The molecular weight excluding hydrogens is 332 g/mol. The Morgan fingerprint density at radius 2 is 1.62 bits per heavy atom. The number of carbonyl (C=O) groups is 1. The van der Waals surface area contributed by atoms with Crippen LogP contribution in [0.15, 0.2) is 30.4 Å². The lowest BCUT2D eigenvalue weighted by molar-refractivity contribution is 0.104. The molecule has 0 spiro atoms. The largest absolute Gasteiger partial charge is 0.507 e. The smallest absolute Gasteiger partial charge is 0.189 e. The van der Waals surface area contributed by atoms with E-state index < -0.39 is 11.5 Å². The van der Waals surface area contributed by atoms with Crippen molar-refractivity contribution in [2.45, 2.75) is 40.0 Å². The molecule has 2 aromatic rings. The number of fused-ring (bicyclic) bond motifs is 1. The number of aromatic hydroxyl groups is 4. The number of phenolic OH excluding ortho intramolecular Hbond substituents is 4. The first-order valence-electron chi connectivity index (χ1n) is 8.88. The van der Waals surface area contributed by atoms with Gasteiger partial charge in [-0.15, -0.1) is 0 Å². The molecule has 0 saturated carbocycles. The summed E-state index contributed by atoms with van der Waals surface area (Å²) >= 11 is 0. The third-order valence-electron chi connectivity index (χ3n) is 4.84. The van der Waals surface area contributed by atoms with E-state index in [4.69, 9.17) is 0 Å². The molecule has 2 rings (SSSR count). The van der Waals surface area contributed by atoms with Gasteiger partial charge in [-0.2, -0.15) is 0 Å². The molecular formula is C21H26O5. The molecule has 2 aromatic carbocycles. The Bertz CT molecular complexity index is 838. The molecule has 0 aliphatic rings. The third-order valence-corrected chi connectivity index (χ3v) is 4.84. The van der Waals surface area contributed by atoms with Crippen LogP contribution in [0.2, 0.25) is 0 Å². The molecule has 0 saturated heterocycles. The van der Waals surface area contributed by atoms with Gasteiger partial charge < -0.3 is 20.4 Å². The van der Waals surface area contributed by atoms with Crippen molar-refractivity contribution in [1.82, 2.24) is 0 Å². The summed E-state index contributed by atoms with van der Waals surface area (Å²) in [7, 11) is 0. The van der Waals surface area contributed by atoms with Gasteiger partial charge in [-0.3, -0.25) is 4.79 Å². The maximum Gasteiger partial charge on any atom is 0.189 e. The van der Waals surface area contributed by atoms with Crippen LogP contribution in [-0.2, 0) is 0 Å². The van der Waals surface area contributed by atoms with Crippen molar-refractivity contribution < 1.29 is 25.2 Å². The van der Waals surface area contributed by atoms with Gasteiger partial charge in [0.2, 0.25) is 0 Å². The van der Waals surface area contributed by atoms with Crippen molar-refractivity contribution in [3.8, 4) is 23.0 Å². The molecule has 140 valence electrons. The Morgan fingerprint density at radius 3 is 2.23 bits per heavy atom. The highest BCUT2D eigenvalue weighted by molar-refractivity contribution is 6.13. The molecule has 0 aromatic heterocycles. The van der Waals surface area contributed by atoms with E-state index in [1.54, 1.807) is 6.08 Å². The summed E-state index contributed by atoms with van der Waals surface area (Å²) in [6, 6.07) is 3.50. The summed E-state index contributed by atoms with van der Waals surface area (Å²) in [5.74, 6) is -1.09. The van der Waals surface area contributed by atoms with Crippen LogP contribution in [0, 0.1) is 11.8 Å². The number of carbonyl (C=O) groups excluding carboxylic acids is 1. The van der Waals surface area contributed by atoms with Crippen LogP contribution in [0.5, 0.6) is 23.0 Å². The normalized spacial score (nSPS) is 14.0. The lowest BCUT2D eigenvalue weighted by Crippen LogP contribution is -2.00. The third kappa shape index (κ3) is 4.10. The molecule has 26 heavy (non-hydrogen) atoms. The Hall–Kier alpha value is -2.69. The fourth-order valence-electron chi connectivity index (χ4n) is 2.87. The van der Waals surface area contributed by atoms with Crippen LogP contribution >= 0.6 is 0 Å². The molecule has 0 aliphatic carbocycles. The van der Waals surface area contributed by atoms with E-state index in [2.05, 4.69) is 13.8 Å². The summed E-state index contributed by atoms with van der Waals surface area (Å²) < 4.78 is 0. The van der Waals surface area contributed by atoms with E-state index >= 15 is 0 Å². The molecule has 5 nitrogen and oxygen atoms in total. The van der Waals surface area contributed by atoms with Crippen molar-refractivity contribution in [2.24, 2.45) is 11.8 Å². The van der Waals surface area contributed by atoms with E-state index in [0.29, 0.717) is 5.92 Å². The quantitative estimate of drug-likeness (QED) is 0.322. The molecule has 0 radical (unpaired) electrons. The summed E-state index contributed by atoms with van der Waals surface area (Å²) in [6.45, 7) is 6.37. The summed E-state index contributed by atoms with van der Waals surface area (Å²) in [5.41, 5.74) is -0.124. The Labute approximate surface area is 153 Å². The first kappa shape index (κ1) is 19.6. The second-order valence-corrected chi connectivity index (χ2v) is 6.94. The van der Waals surface area contributed by atoms with Crippen LogP contribution in [0.1, 0.15) is 50.4 Å². The van der Waals surface area contributed by atoms with Crippen LogP contribution in [0.4, 0.5) is 0 Å². The van der Waals surface area contributed by atoms with E-state index in [0.717, 1.165) is 25.3 Å². The molecule has 5 heteroatoms. The van der Waals surface area contributed by atoms with E-state index in [-0.39, 0.29) is 39.5 Å². The summed E-state index contributed by atoms with van der Waals surface area (Å²) in [5, 5.41) is 40.1. The highest BCUT2D eigenvalue weighted by Gasteiger charge is 2.20. The average molecular weight is 358 g/mol. The predicted octanol–water partition coefficient (Wildman–Crippen LogP) is 4.86. The maximum atomic E-state index is 12.5. The van der Waals surface area contributed by atoms with Crippen LogP contribution < -0.4 is 0 Å². The van der Waals surface area contributed by atoms with Crippen LogP contribution in [0.25, 0.3) is 10.8 Å². The zero-order valence-electron chi connectivity index (χ0n) is 15.4. The number of ketones is 1. The molecule has 0 heterocycles. The topological polar surface area (TPSA) is 98.0 Å². The summed E-state index contributed by atoms with van der Waals surface area (Å²) in [4.78, 5) is 12.5. The minimum absolute atomic E-state index is 0.0926. The second-order valence-electron chi connectivity index (χ2n) is 6.94. The highest BCUT2D eigenvalue weighted by Crippen LogP contribution is 2.44. The lowest BCUT2D eigenvalue weighted by atomic mass is 9.95. The van der Waals surface area contributed by atoms with E-state index in [1.807, 2.05) is 6.92 Å². The van der Waals surface area contributed by atoms with E-state index in [1.165, 1.54) is 18.2 Å². The fourth-order valence-corrected chi connectivity index (χ4v) is 2.87. The van der Waals surface area contributed by atoms with Crippen molar-refractivity contribution in [3.05, 3.63) is 35.9 Å². The molecule has 0 amide bonds. The zero-order valence-corrected chi connectivity index (χ0v) is 15.4. The molecule has 0 bridgehead atoms.